The molecule has 1 aromatic carbocycles. The number of aromatic nitrogens is 2. The van der Waals surface area contributed by atoms with Crippen LogP contribution >= 0.6 is 0 Å². The lowest BCUT2D eigenvalue weighted by Gasteiger charge is -2.29. The van der Waals surface area contributed by atoms with Crippen molar-refractivity contribution in [1.82, 2.24) is 20.2 Å². The number of benzene rings is 1. The standard InChI is InChI=1S/C25H37F2N5/c1-17(12-29-20-8-7-18-9-19(26)10-22(27)21(18)11-20)31-23-13-32(16-30-23)25(5,6)15-28-14-24(2,3)4/h9-10,13,16,20,28-29,31H,1,7-8,11-12,14-15H2,2-6H3. The van der Waals surface area contributed by atoms with Crippen molar-refractivity contribution in [3.63, 3.8) is 0 Å². The van der Waals surface area contributed by atoms with Gasteiger partial charge in [0.15, 0.2) is 0 Å². The molecule has 2 aromatic rings. The Labute approximate surface area is 190 Å². The van der Waals surface area contributed by atoms with E-state index in [-0.39, 0.29) is 17.0 Å². The lowest BCUT2D eigenvalue weighted by Crippen LogP contribution is -2.40. The van der Waals surface area contributed by atoms with E-state index in [1.54, 1.807) is 0 Å². The van der Waals surface area contributed by atoms with Gasteiger partial charge < -0.3 is 20.5 Å². The highest BCUT2D eigenvalue weighted by Gasteiger charge is 2.23. The summed E-state index contributed by atoms with van der Waals surface area (Å²) in [6.45, 7) is 17.4. The molecule has 7 heteroatoms. The molecule has 0 radical (unpaired) electrons. The van der Waals surface area contributed by atoms with Gasteiger partial charge in [0.25, 0.3) is 0 Å². The van der Waals surface area contributed by atoms with Crippen LogP contribution in [0.1, 0.15) is 52.2 Å². The second-order valence-corrected chi connectivity index (χ2v) is 10.7. The number of hydrogen-bond acceptors (Lipinski definition) is 4. The van der Waals surface area contributed by atoms with E-state index in [2.05, 4.69) is 66.7 Å². The Kier molecular flexibility index (Phi) is 7.40. The van der Waals surface area contributed by atoms with Gasteiger partial charge >= 0.3 is 0 Å². The average Bonchev–Trinajstić information content (AvgIpc) is 3.14. The molecule has 0 bridgehead atoms. The molecule has 0 aliphatic heterocycles. The summed E-state index contributed by atoms with van der Waals surface area (Å²) in [5.74, 6) is -0.206. The Morgan fingerprint density at radius 1 is 1.19 bits per heavy atom. The first-order chi connectivity index (χ1) is 14.9. The monoisotopic (exact) mass is 445 g/mol. The van der Waals surface area contributed by atoms with E-state index in [0.717, 1.165) is 42.7 Å². The minimum atomic E-state index is -0.502. The maximum Gasteiger partial charge on any atom is 0.148 e. The molecule has 0 saturated carbocycles. The molecule has 0 fully saturated rings. The van der Waals surface area contributed by atoms with Gasteiger partial charge in [0, 0.05) is 43.6 Å². The molecule has 1 unspecified atom stereocenters. The van der Waals surface area contributed by atoms with Crippen LogP contribution in [0.5, 0.6) is 0 Å². The van der Waals surface area contributed by atoms with Gasteiger partial charge in [-0.2, -0.15) is 0 Å². The number of anilines is 1. The van der Waals surface area contributed by atoms with E-state index >= 15 is 0 Å². The maximum absolute atomic E-state index is 14.1. The molecule has 1 aliphatic carbocycles. The lowest BCUT2D eigenvalue weighted by atomic mass is 9.88. The minimum Gasteiger partial charge on any atom is -0.342 e. The van der Waals surface area contributed by atoms with Crippen LogP contribution in [-0.2, 0) is 18.4 Å². The van der Waals surface area contributed by atoms with E-state index in [9.17, 15) is 8.78 Å². The molecule has 3 rings (SSSR count). The zero-order valence-electron chi connectivity index (χ0n) is 20.0. The normalized spacial score (nSPS) is 16.7. The first kappa shape index (κ1) is 24.4. The van der Waals surface area contributed by atoms with Gasteiger partial charge in [-0.1, -0.05) is 27.4 Å². The van der Waals surface area contributed by atoms with Gasteiger partial charge in [-0.3, -0.25) is 0 Å². The Morgan fingerprint density at radius 2 is 1.94 bits per heavy atom. The van der Waals surface area contributed by atoms with Gasteiger partial charge in [0.1, 0.15) is 17.5 Å². The predicted octanol–water partition coefficient (Wildman–Crippen LogP) is 4.60. The summed E-state index contributed by atoms with van der Waals surface area (Å²) in [7, 11) is 0. The average molecular weight is 446 g/mol. The Balaban J connectivity index is 1.48. The third-order valence-electron chi connectivity index (χ3n) is 5.87. The largest absolute Gasteiger partial charge is 0.342 e. The fraction of sp³-hybridized carbons (Fsp3) is 0.560. The molecule has 3 N–H and O–H groups in total. The van der Waals surface area contributed by atoms with Crippen LogP contribution in [0.15, 0.2) is 36.9 Å². The summed E-state index contributed by atoms with van der Waals surface area (Å²) in [6.07, 6.45) is 5.89. The van der Waals surface area contributed by atoms with Gasteiger partial charge in [0.05, 0.1) is 11.9 Å². The number of halogens is 2. The Morgan fingerprint density at radius 3 is 2.66 bits per heavy atom. The summed E-state index contributed by atoms with van der Waals surface area (Å²) < 4.78 is 29.6. The molecule has 1 atom stereocenters. The molecule has 32 heavy (non-hydrogen) atoms. The van der Waals surface area contributed by atoms with E-state index < -0.39 is 11.6 Å². The molecule has 1 aromatic heterocycles. The smallest absolute Gasteiger partial charge is 0.148 e. The SMILES string of the molecule is C=C(CNC1CCc2cc(F)cc(F)c2C1)Nc1cn(C(C)(C)CNCC(C)(C)C)cn1. The van der Waals surface area contributed by atoms with Crippen LogP contribution in [0, 0.1) is 17.0 Å². The summed E-state index contributed by atoms with van der Waals surface area (Å²) in [5, 5.41) is 10.2. The minimum absolute atomic E-state index is 0.114. The van der Waals surface area contributed by atoms with E-state index in [1.165, 1.54) is 6.07 Å². The number of aryl methyl sites for hydroxylation is 1. The molecule has 0 amide bonds. The van der Waals surface area contributed by atoms with Crippen molar-refractivity contribution in [2.45, 2.75) is 65.5 Å². The topological polar surface area (TPSA) is 53.9 Å². The Hall–Kier alpha value is -2.25. The highest BCUT2D eigenvalue weighted by Crippen LogP contribution is 2.25. The highest BCUT2D eigenvalue weighted by atomic mass is 19.1. The number of fused-ring (bicyclic) bond motifs is 1. The number of hydrogen-bond donors (Lipinski definition) is 3. The van der Waals surface area contributed by atoms with Crippen LogP contribution in [0.4, 0.5) is 14.6 Å². The number of nitrogens with one attached hydrogen (secondary N) is 3. The zero-order valence-corrected chi connectivity index (χ0v) is 20.0. The zero-order chi connectivity index (χ0) is 23.5. The second kappa shape index (κ2) is 9.71. The van der Waals surface area contributed by atoms with Crippen LogP contribution in [0.3, 0.4) is 0 Å². The summed E-state index contributed by atoms with van der Waals surface area (Å²) >= 11 is 0. The maximum atomic E-state index is 14.1. The van der Waals surface area contributed by atoms with Gasteiger partial charge in [-0.05, 0) is 55.7 Å². The van der Waals surface area contributed by atoms with Crippen molar-refractivity contribution in [2.75, 3.05) is 25.0 Å². The summed E-state index contributed by atoms with van der Waals surface area (Å²) in [6, 6.07) is 2.55. The molecule has 1 aliphatic rings. The van der Waals surface area contributed by atoms with E-state index in [4.69, 9.17) is 0 Å². The van der Waals surface area contributed by atoms with Crippen LogP contribution in [0.2, 0.25) is 0 Å². The van der Waals surface area contributed by atoms with Crippen molar-refractivity contribution >= 4 is 5.82 Å². The third kappa shape index (κ3) is 6.62. The van der Waals surface area contributed by atoms with Crippen molar-refractivity contribution in [2.24, 2.45) is 5.41 Å². The quantitative estimate of drug-likeness (QED) is 0.528. The van der Waals surface area contributed by atoms with Gasteiger partial charge in [-0.25, -0.2) is 13.8 Å². The summed E-state index contributed by atoms with van der Waals surface area (Å²) in [4.78, 5) is 4.47. The predicted molar refractivity (Wildman–Crippen MR) is 127 cm³/mol. The first-order valence-corrected chi connectivity index (χ1v) is 11.3. The number of nitrogens with zero attached hydrogens (tertiary/aromatic N) is 2. The van der Waals surface area contributed by atoms with Crippen molar-refractivity contribution < 1.29 is 8.78 Å². The van der Waals surface area contributed by atoms with Crippen molar-refractivity contribution in [1.29, 1.82) is 0 Å². The Bertz CT molecular complexity index is 942. The van der Waals surface area contributed by atoms with Crippen LogP contribution in [0.25, 0.3) is 0 Å². The fourth-order valence-electron chi connectivity index (χ4n) is 4.01. The van der Waals surface area contributed by atoms with E-state index in [1.807, 2.05) is 12.5 Å². The molecule has 5 nitrogen and oxygen atoms in total. The van der Waals surface area contributed by atoms with E-state index in [0.29, 0.717) is 24.9 Å². The van der Waals surface area contributed by atoms with Crippen molar-refractivity contribution in [3.8, 4) is 0 Å². The number of rotatable bonds is 9. The molecular weight excluding hydrogens is 408 g/mol. The molecule has 0 saturated heterocycles. The van der Waals surface area contributed by atoms with Crippen LogP contribution < -0.4 is 16.0 Å². The second-order valence-electron chi connectivity index (χ2n) is 10.7. The third-order valence-corrected chi connectivity index (χ3v) is 5.87. The molecule has 0 spiro atoms. The molecular formula is C25H37F2N5. The molecule has 176 valence electrons. The van der Waals surface area contributed by atoms with Crippen molar-refractivity contribution in [3.05, 3.63) is 59.7 Å². The first-order valence-electron chi connectivity index (χ1n) is 11.3. The van der Waals surface area contributed by atoms with Gasteiger partial charge in [-0.15, -0.1) is 0 Å². The summed E-state index contributed by atoms with van der Waals surface area (Å²) in [5.41, 5.74) is 2.32. The molecule has 1 heterocycles. The fourth-order valence-corrected chi connectivity index (χ4v) is 4.01. The number of imidazole rings is 1. The van der Waals surface area contributed by atoms with Gasteiger partial charge in [0.2, 0.25) is 0 Å². The van der Waals surface area contributed by atoms with Crippen LogP contribution in [-0.4, -0.2) is 35.2 Å². The highest BCUT2D eigenvalue weighted by molar-refractivity contribution is 5.39. The lowest BCUT2D eigenvalue weighted by molar-refractivity contribution is 0.298.